The molecule has 0 bridgehead atoms. The minimum absolute atomic E-state index is 0.360. The van der Waals surface area contributed by atoms with E-state index in [0.29, 0.717) is 5.84 Å². The van der Waals surface area contributed by atoms with Gasteiger partial charge in [0.25, 0.3) is 0 Å². The van der Waals surface area contributed by atoms with Crippen LogP contribution >= 0.6 is 0 Å². The van der Waals surface area contributed by atoms with Crippen LogP contribution in [-0.2, 0) is 0 Å². The Hall–Kier alpha value is -3.27. The molecular weight excluding hydrogens is 284 g/mol. The minimum atomic E-state index is 0.360. The van der Waals surface area contributed by atoms with Crippen molar-refractivity contribution in [2.45, 2.75) is 0 Å². The maximum absolute atomic E-state index is 7.48. The van der Waals surface area contributed by atoms with E-state index in [4.69, 9.17) is 5.53 Å². The van der Waals surface area contributed by atoms with Crippen molar-refractivity contribution < 1.29 is 0 Å². The van der Waals surface area contributed by atoms with Crippen molar-refractivity contribution in [2.24, 2.45) is 10.2 Å². The number of rotatable bonds is 4. The summed E-state index contributed by atoms with van der Waals surface area (Å²) in [5.74, 6) is 0.360. The van der Waals surface area contributed by atoms with E-state index < -0.39 is 0 Å². The second-order valence-electron chi connectivity index (χ2n) is 4.88. The lowest BCUT2D eigenvalue weighted by Gasteiger charge is -2.20. The molecule has 1 N–H and O–H groups in total. The van der Waals surface area contributed by atoms with E-state index in [2.05, 4.69) is 10.2 Å². The molecule has 112 valence electrons. The van der Waals surface area contributed by atoms with Crippen LogP contribution in [0.2, 0.25) is 0 Å². The van der Waals surface area contributed by atoms with Gasteiger partial charge in [0.05, 0.1) is 11.4 Å². The van der Waals surface area contributed by atoms with Crippen LogP contribution in [0.5, 0.6) is 0 Å². The fourth-order valence-corrected chi connectivity index (χ4v) is 2.23. The first kappa shape index (κ1) is 14.7. The standard InChI is InChI=1S/C19H16N4/c20-21-19(16-10-4-1-5-11-16)22-23(17-12-6-2-7-13-17)18-14-8-3-9-15-18/h1-15,20H/b21-20?,22-19-. The largest absolute Gasteiger partial charge is 0.232 e. The van der Waals surface area contributed by atoms with Gasteiger partial charge in [0.15, 0.2) is 0 Å². The zero-order valence-corrected chi connectivity index (χ0v) is 12.5. The van der Waals surface area contributed by atoms with Crippen LogP contribution in [0.1, 0.15) is 5.56 Å². The quantitative estimate of drug-likeness (QED) is 0.305. The summed E-state index contributed by atoms with van der Waals surface area (Å²) in [7, 11) is 0. The summed E-state index contributed by atoms with van der Waals surface area (Å²) in [5, 5.41) is 10.0. The van der Waals surface area contributed by atoms with Crippen molar-refractivity contribution in [3.05, 3.63) is 96.6 Å². The first-order valence-corrected chi connectivity index (χ1v) is 7.30. The fourth-order valence-electron chi connectivity index (χ4n) is 2.23. The van der Waals surface area contributed by atoms with E-state index >= 15 is 0 Å². The van der Waals surface area contributed by atoms with Gasteiger partial charge in [0.2, 0.25) is 5.84 Å². The van der Waals surface area contributed by atoms with Crippen molar-refractivity contribution in [1.29, 1.82) is 5.53 Å². The predicted octanol–water partition coefficient (Wildman–Crippen LogP) is 5.22. The maximum Gasteiger partial charge on any atom is 0.201 e. The van der Waals surface area contributed by atoms with Crippen molar-refractivity contribution in [3.63, 3.8) is 0 Å². The van der Waals surface area contributed by atoms with Crippen molar-refractivity contribution >= 4 is 17.2 Å². The number of hydrogen-bond acceptors (Lipinski definition) is 3. The van der Waals surface area contributed by atoms with Crippen LogP contribution in [0.15, 0.2) is 101 Å². The number of nitrogens with one attached hydrogen (secondary N) is 1. The fraction of sp³-hybridized carbons (Fsp3) is 0. The minimum Gasteiger partial charge on any atom is -0.232 e. The van der Waals surface area contributed by atoms with Gasteiger partial charge in [-0.1, -0.05) is 66.7 Å². The lowest BCUT2D eigenvalue weighted by molar-refractivity contribution is 1.05. The van der Waals surface area contributed by atoms with Gasteiger partial charge in [-0.15, -0.1) is 10.2 Å². The highest BCUT2D eigenvalue weighted by Crippen LogP contribution is 2.26. The van der Waals surface area contributed by atoms with E-state index in [1.165, 1.54) is 0 Å². The normalized spacial score (nSPS) is 11.0. The molecule has 3 aromatic carbocycles. The molecule has 0 spiro atoms. The van der Waals surface area contributed by atoms with E-state index in [0.717, 1.165) is 16.9 Å². The monoisotopic (exact) mass is 300 g/mol. The Balaban J connectivity index is 2.09. The molecule has 0 atom stereocenters. The maximum atomic E-state index is 7.48. The van der Waals surface area contributed by atoms with Crippen LogP contribution in [0, 0.1) is 5.53 Å². The number of hydrazone groups is 1. The van der Waals surface area contributed by atoms with Crippen LogP contribution in [-0.4, -0.2) is 5.84 Å². The second kappa shape index (κ2) is 7.13. The van der Waals surface area contributed by atoms with Gasteiger partial charge in [0.1, 0.15) is 0 Å². The van der Waals surface area contributed by atoms with Gasteiger partial charge < -0.3 is 0 Å². The average Bonchev–Trinajstić information content (AvgIpc) is 2.65. The number of nitrogens with zero attached hydrogens (tertiary/aromatic N) is 3. The third kappa shape index (κ3) is 3.49. The smallest absolute Gasteiger partial charge is 0.201 e. The second-order valence-corrected chi connectivity index (χ2v) is 4.88. The van der Waals surface area contributed by atoms with Crippen molar-refractivity contribution in [3.8, 4) is 0 Å². The third-order valence-corrected chi connectivity index (χ3v) is 3.33. The van der Waals surface area contributed by atoms with Gasteiger partial charge >= 0.3 is 0 Å². The Bertz CT molecular complexity index is 744. The molecule has 0 unspecified atom stereocenters. The number of para-hydroxylation sites is 2. The molecule has 3 rings (SSSR count). The highest BCUT2D eigenvalue weighted by Gasteiger charge is 2.10. The summed E-state index contributed by atoms with van der Waals surface area (Å²) in [6.45, 7) is 0. The van der Waals surface area contributed by atoms with Crippen LogP contribution in [0.3, 0.4) is 0 Å². The number of hydrogen-bond donors (Lipinski definition) is 1. The number of anilines is 2. The Morgan fingerprint density at radius 1 is 0.652 bits per heavy atom. The van der Waals surface area contributed by atoms with Gasteiger partial charge in [-0.25, -0.2) is 10.5 Å². The van der Waals surface area contributed by atoms with Gasteiger partial charge in [-0.3, -0.25) is 0 Å². The summed E-state index contributed by atoms with van der Waals surface area (Å²) in [4.78, 5) is 0. The van der Waals surface area contributed by atoms with Crippen molar-refractivity contribution in [2.75, 3.05) is 5.01 Å². The number of benzene rings is 3. The van der Waals surface area contributed by atoms with Crippen LogP contribution in [0.25, 0.3) is 0 Å². The lowest BCUT2D eigenvalue weighted by atomic mass is 10.2. The molecule has 4 nitrogen and oxygen atoms in total. The molecule has 0 amide bonds. The average molecular weight is 300 g/mol. The van der Waals surface area contributed by atoms with E-state index in [1.54, 1.807) is 5.01 Å². The first-order chi connectivity index (χ1) is 11.4. The molecule has 0 aliphatic heterocycles. The third-order valence-electron chi connectivity index (χ3n) is 3.33. The van der Waals surface area contributed by atoms with E-state index in [9.17, 15) is 0 Å². The lowest BCUT2D eigenvalue weighted by Crippen LogP contribution is -2.12. The van der Waals surface area contributed by atoms with Gasteiger partial charge in [0, 0.05) is 5.56 Å². The molecule has 0 saturated heterocycles. The summed E-state index contributed by atoms with van der Waals surface area (Å²) in [6.07, 6.45) is 0. The van der Waals surface area contributed by atoms with Crippen LogP contribution in [0.4, 0.5) is 11.4 Å². The molecule has 0 fully saturated rings. The van der Waals surface area contributed by atoms with E-state index in [1.807, 2.05) is 91.0 Å². The SMILES string of the molecule is N=N/C(=N\N(c1ccccc1)c1ccccc1)c1ccccc1. The molecule has 3 aromatic rings. The first-order valence-electron chi connectivity index (χ1n) is 7.30. The van der Waals surface area contributed by atoms with Crippen LogP contribution < -0.4 is 5.01 Å². The van der Waals surface area contributed by atoms with Crippen molar-refractivity contribution in [1.82, 2.24) is 0 Å². The summed E-state index contributed by atoms with van der Waals surface area (Å²) in [5.41, 5.74) is 10.1. The molecule has 0 aliphatic rings. The van der Waals surface area contributed by atoms with E-state index in [-0.39, 0.29) is 0 Å². The highest BCUT2D eigenvalue weighted by molar-refractivity contribution is 5.99. The van der Waals surface area contributed by atoms with Gasteiger partial charge in [-0.05, 0) is 24.3 Å². The molecule has 4 heteroatoms. The zero-order valence-electron chi connectivity index (χ0n) is 12.5. The topological polar surface area (TPSA) is 51.8 Å². The molecular formula is C19H16N4. The molecule has 0 aliphatic carbocycles. The molecule has 0 radical (unpaired) electrons. The zero-order chi connectivity index (χ0) is 15.9. The predicted molar refractivity (Wildman–Crippen MR) is 93.1 cm³/mol. The molecule has 23 heavy (non-hydrogen) atoms. The Kier molecular flexibility index (Phi) is 4.55. The Labute approximate surface area is 135 Å². The number of amidine groups is 1. The Morgan fingerprint density at radius 3 is 1.52 bits per heavy atom. The van der Waals surface area contributed by atoms with Gasteiger partial charge in [-0.2, -0.15) is 0 Å². The molecule has 0 heterocycles. The Morgan fingerprint density at radius 2 is 1.09 bits per heavy atom. The molecule has 0 aromatic heterocycles. The highest BCUT2D eigenvalue weighted by atomic mass is 15.5. The summed E-state index contributed by atoms with van der Waals surface area (Å²) >= 11 is 0. The summed E-state index contributed by atoms with van der Waals surface area (Å²) < 4.78 is 0. The molecule has 0 saturated carbocycles. The summed E-state index contributed by atoms with van der Waals surface area (Å²) in [6, 6.07) is 29.2.